The van der Waals surface area contributed by atoms with Gasteiger partial charge in [0.25, 0.3) is 5.91 Å². The number of carbonyl (C=O) groups excluding carboxylic acids is 2. The van der Waals surface area contributed by atoms with Crippen LogP contribution in [0.5, 0.6) is 0 Å². The van der Waals surface area contributed by atoms with Crippen molar-refractivity contribution >= 4 is 11.9 Å². The lowest BCUT2D eigenvalue weighted by atomic mass is 10.1. The van der Waals surface area contributed by atoms with E-state index in [4.69, 9.17) is 15.4 Å². The first-order valence-corrected chi connectivity index (χ1v) is 5.89. The lowest BCUT2D eigenvalue weighted by Crippen LogP contribution is -2.60. The molecule has 0 aromatic carbocycles. The summed E-state index contributed by atoms with van der Waals surface area (Å²) in [6.07, 6.45) is -1.72. The Morgan fingerprint density at radius 3 is 2.90 bits per heavy atom. The first-order chi connectivity index (χ1) is 9.44. The van der Waals surface area contributed by atoms with Crippen LogP contribution in [-0.2, 0) is 9.53 Å². The number of aliphatic hydroxyl groups excluding tert-OH is 2. The Morgan fingerprint density at radius 1 is 1.65 bits per heavy atom. The van der Waals surface area contributed by atoms with Gasteiger partial charge in [-0.05, 0) is 6.92 Å². The van der Waals surface area contributed by atoms with E-state index in [1.807, 2.05) is 0 Å². The van der Waals surface area contributed by atoms with Gasteiger partial charge in [0.1, 0.15) is 17.5 Å². The van der Waals surface area contributed by atoms with Crippen LogP contribution in [0.25, 0.3) is 10.4 Å². The van der Waals surface area contributed by atoms with Crippen LogP contribution in [-0.4, -0.2) is 51.8 Å². The standard InChI is InChI=1S/C10H13N5O5/c1-5-3-15(14-13-11,10(19)12-9(5)18)8-2-6(17)7(4-16)20-8/h3,6-8,16-17H,2,4H2,1H3/p+1/t6-,7+,8+,15?/m0/s1. The summed E-state index contributed by atoms with van der Waals surface area (Å²) >= 11 is 0. The van der Waals surface area contributed by atoms with Crippen LogP contribution in [0.2, 0.25) is 0 Å². The number of aliphatic hydroxyl groups is 2. The fourth-order valence-corrected chi connectivity index (χ4v) is 2.23. The zero-order valence-electron chi connectivity index (χ0n) is 10.6. The van der Waals surface area contributed by atoms with Crippen molar-refractivity contribution in [3.05, 3.63) is 22.2 Å². The molecule has 0 aliphatic carbocycles. The van der Waals surface area contributed by atoms with E-state index in [0.29, 0.717) is 0 Å². The summed E-state index contributed by atoms with van der Waals surface area (Å²) in [5.74, 6) is -0.589. The van der Waals surface area contributed by atoms with Crippen LogP contribution in [0.3, 0.4) is 0 Å². The summed E-state index contributed by atoms with van der Waals surface area (Å²) in [4.78, 5) is 26.1. The fraction of sp³-hybridized carbons (Fsp3) is 0.600. The minimum atomic E-state index is -1.01. The number of amides is 3. The van der Waals surface area contributed by atoms with Crippen LogP contribution in [0.15, 0.2) is 17.0 Å². The molecule has 0 aromatic rings. The molecule has 0 radical (unpaired) electrons. The number of nitrogens with zero attached hydrogens (tertiary/aromatic N) is 4. The van der Waals surface area contributed by atoms with Crippen molar-refractivity contribution in [1.29, 1.82) is 0 Å². The van der Waals surface area contributed by atoms with Gasteiger partial charge in [0, 0.05) is 5.53 Å². The van der Waals surface area contributed by atoms with E-state index in [0.717, 1.165) is 0 Å². The molecule has 0 aromatic heterocycles. The lowest BCUT2D eigenvalue weighted by molar-refractivity contribution is -0.860. The SMILES string of the molecule is CC1=C[N+](N=[N+]=[N-])([C@H]2C[C@H](O)[C@@H](CO)O2)C(=O)NC1=O. The van der Waals surface area contributed by atoms with Gasteiger partial charge in [0.15, 0.2) is 0 Å². The highest BCUT2D eigenvalue weighted by molar-refractivity contribution is 6.03. The Hall–Kier alpha value is -1.97. The van der Waals surface area contributed by atoms with Crippen molar-refractivity contribution in [2.75, 3.05) is 6.61 Å². The van der Waals surface area contributed by atoms with Gasteiger partial charge < -0.3 is 14.9 Å². The molecule has 2 aliphatic heterocycles. The predicted molar refractivity (Wildman–Crippen MR) is 63.1 cm³/mol. The summed E-state index contributed by atoms with van der Waals surface area (Å²) in [6, 6.07) is -0.866. The van der Waals surface area contributed by atoms with E-state index >= 15 is 0 Å². The van der Waals surface area contributed by atoms with Gasteiger partial charge in [-0.25, -0.2) is 10.1 Å². The molecule has 0 bridgehead atoms. The van der Waals surface area contributed by atoms with Gasteiger partial charge in [0.2, 0.25) is 6.23 Å². The van der Waals surface area contributed by atoms with E-state index in [9.17, 15) is 14.7 Å². The predicted octanol–water partition coefficient (Wildman–Crippen LogP) is -0.350. The Bertz CT molecular complexity index is 528. The van der Waals surface area contributed by atoms with Crippen LogP contribution in [0.1, 0.15) is 13.3 Å². The highest BCUT2D eigenvalue weighted by atomic mass is 16.6. The average molecular weight is 284 g/mol. The molecule has 3 amide bonds. The Balaban J connectivity index is 2.44. The number of ether oxygens (including phenoxy) is 1. The van der Waals surface area contributed by atoms with E-state index in [1.54, 1.807) is 0 Å². The molecule has 3 N–H and O–H groups in total. The van der Waals surface area contributed by atoms with Crippen molar-refractivity contribution in [2.24, 2.45) is 5.22 Å². The molecule has 1 fully saturated rings. The Labute approximate surface area is 113 Å². The minimum absolute atomic E-state index is 0.0182. The third kappa shape index (κ3) is 2.15. The third-order valence-corrected chi connectivity index (χ3v) is 3.31. The molecular weight excluding hydrogens is 270 g/mol. The van der Waals surface area contributed by atoms with Gasteiger partial charge in [-0.3, -0.25) is 4.79 Å². The van der Waals surface area contributed by atoms with Crippen molar-refractivity contribution in [3.8, 4) is 0 Å². The summed E-state index contributed by atoms with van der Waals surface area (Å²) in [5.41, 5.74) is 8.87. The number of urea groups is 1. The summed E-state index contributed by atoms with van der Waals surface area (Å²) in [6.45, 7) is 1.02. The topological polar surface area (TPSA) is 145 Å². The Kier molecular flexibility index (Phi) is 3.75. The van der Waals surface area contributed by atoms with Crippen LogP contribution in [0.4, 0.5) is 4.79 Å². The molecule has 2 heterocycles. The van der Waals surface area contributed by atoms with Gasteiger partial charge in [0.05, 0.1) is 29.6 Å². The molecule has 0 saturated carbocycles. The Morgan fingerprint density at radius 2 is 2.35 bits per heavy atom. The number of hydrogen-bond acceptors (Lipinski definition) is 6. The van der Waals surface area contributed by atoms with Crippen molar-refractivity contribution in [2.45, 2.75) is 31.8 Å². The summed E-state index contributed by atoms with van der Waals surface area (Å²) in [7, 11) is 0. The highest BCUT2D eigenvalue weighted by Crippen LogP contribution is 2.32. The second-order valence-corrected chi connectivity index (χ2v) is 4.60. The number of imide groups is 1. The summed E-state index contributed by atoms with van der Waals surface area (Å²) in [5, 5.41) is 24.3. The van der Waals surface area contributed by atoms with E-state index in [-0.39, 0.29) is 12.0 Å². The van der Waals surface area contributed by atoms with E-state index < -0.39 is 41.6 Å². The zero-order chi connectivity index (χ0) is 14.9. The maximum atomic E-state index is 12.1. The van der Waals surface area contributed by atoms with E-state index in [2.05, 4.69) is 15.5 Å². The minimum Gasteiger partial charge on any atom is -0.394 e. The monoisotopic (exact) mass is 284 g/mol. The van der Waals surface area contributed by atoms with E-state index in [1.165, 1.54) is 13.1 Å². The van der Waals surface area contributed by atoms with Crippen molar-refractivity contribution < 1.29 is 29.1 Å². The quantitative estimate of drug-likeness (QED) is 0.281. The highest BCUT2D eigenvalue weighted by Gasteiger charge is 2.54. The third-order valence-electron chi connectivity index (χ3n) is 3.31. The molecule has 2 rings (SSSR count). The molecule has 2 aliphatic rings. The molecule has 108 valence electrons. The van der Waals surface area contributed by atoms with Gasteiger partial charge in [-0.1, -0.05) is 4.59 Å². The zero-order valence-corrected chi connectivity index (χ0v) is 10.6. The molecule has 10 nitrogen and oxygen atoms in total. The maximum Gasteiger partial charge on any atom is 0.445 e. The number of carbonyl (C=O) groups is 2. The number of quaternary nitrogens is 1. The van der Waals surface area contributed by atoms with Crippen LogP contribution < -0.4 is 5.32 Å². The molecule has 0 spiro atoms. The fourth-order valence-electron chi connectivity index (χ4n) is 2.23. The molecular formula is C10H14N5O5+. The largest absolute Gasteiger partial charge is 0.445 e. The lowest BCUT2D eigenvalue weighted by Gasteiger charge is -2.31. The van der Waals surface area contributed by atoms with Gasteiger partial charge in [-0.2, -0.15) is 0 Å². The number of rotatable bonds is 3. The number of azide groups is 1. The van der Waals surface area contributed by atoms with Gasteiger partial charge >= 0.3 is 6.03 Å². The maximum absolute atomic E-state index is 12.1. The van der Waals surface area contributed by atoms with Gasteiger partial charge in [-0.15, -0.1) is 0 Å². The number of hydrogen-bond donors (Lipinski definition) is 3. The molecule has 1 unspecified atom stereocenters. The van der Waals surface area contributed by atoms with Crippen LogP contribution in [0, 0.1) is 0 Å². The average Bonchev–Trinajstić information content (AvgIpc) is 2.78. The smallest absolute Gasteiger partial charge is 0.394 e. The van der Waals surface area contributed by atoms with Crippen molar-refractivity contribution in [3.63, 3.8) is 0 Å². The molecule has 10 heteroatoms. The van der Waals surface area contributed by atoms with Crippen molar-refractivity contribution in [1.82, 2.24) is 5.32 Å². The summed E-state index contributed by atoms with van der Waals surface area (Å²) < 4.78 is 4.41. The normalized spacial score (nSPS) is 37.1. The first kappa shape index (κ1) is 14.4. The number of nitrogens with one attached hydrogen (secondary N) is 1. The second kappa shape index (κ2) is 5.19. The first-order valence-electron chi connectivity index (χ1n) is 5.89. The molecule has 1 saturated heterocycles. The second-order valence-electron chi connectivity index (χ2n) is 4.60. The molecule has 20 heavy (non-hydrogen) atoms. The molecule has 4 atom stereocenters. The van der Waals surface area contributed by atoms with Crippen LogP contribution >= 0.6 is 0 Å².